The number of anilines is 1. The third kappa shape index (κ3) is 12.9. The van der Waals surface area contributed by atoms with Crippen LogP contribution in [0.15, 0.2) is 92.9 Å². The predicted octanol–water partition coefficient (Wildman–Crippen LogP) is 2.78. The maximum Gasteiger partial charge on any atom is 0.287 e. The van der Waals surface area contributed by atoms with Crippen molar-refractivity contribution in [1.82, 2.24) is 5.32 Å². The van der Waals surface area contributed by atoms with Gasteiger partial charge in [0.25, 0.3) is 5.91 Å². The van der Waals surface area contributed by atoms with Crippen molar-refractivity contribution >= 4 is 29.6 Å². The second-order valence-electron chi connectivity index (χ2n) is 6.73. The number of hydrogen-bond donors (Lipinski definition) is 5. The van der Waals surface area contributed by atoms with Crippen LogP contribution in [0.2, 0.25) is 0 Å². The van der Waals surface area contributed by atoms with Gasteiger partial charge >= 0.3 is 0 Å². The lowest BCUT2D eigenvalue weighted by Crippen LogP contribution is -2.28. The van der Waals surface area contributed by atoms with E-state index in [2.05, 4.69) is 34.1 Å². The number of carbonyl (C=O) groups excluding carboxylic acids is 3. The monoisotopic (exact) mass is 510 g/mol. The van der Waals surface area contributed by atoms with Gasteiger partial charge in [0.2, 0.25) is 5.91 Å². The molecular weight excluding hydrogens is 480 g/mol. The minimum atomic E-state index is -0.726. The standard InChI is InChI=1S/C17H16N6O5.C7H10.CH4O/c18-16(22-23-19)10-2-1-3-11(6-10)21-15(26)4-5-20-17(27)14-8-12(25)7-13(9-24)28-14;1-4-6-7(3)5-2;1-2/h1-3,6-9H,4-5H2,(H,20,27)(H,21,26)(H3,18,19,22);4-6H,1-2H2,3H3;2H,1H3/b;7-6-;. The van der Waals surface area contributed by atoms with Gasteiger partial charge in [-0.1, -0.05) is 54.3 Å². The van der Waals surface area contributed by atoms with E-state index >= 15 is 0 Å². The lowest BCUT2D eigenvalue weighted by atomic mass is 10.2. The fourth-order valence-corrected chi connectivity index (χ4v) is 2.38. The van der Waals surface area contributed by atoms with Gasteiger partial charge in [0.15, 0.2) is 29.1 Å². The van der Waals surface area contributed by atoms with Crippen molar-refractivity contribution in [2.45, 2.75) is 13.3 Å². The van der Waals surface area contributed by atoms with E-state index in [-0.39, 0.29) is 30.3 Å². The van der Waals surface area contributed by atoms with E-state index in [0.29, 0.717) is 17.5 Å². The third-order valence-electron chi connectivity index (χ3n) is 4.04. The summed E-state index contributed by atoms with van der Waals surface area (Å²) in [6.07, 6.45) is 5.70. The van der Waals surface area contributed by atoms with Gasteiger partial charge < -0.3 is 26.0 Å². The molecule has 12 heteroatoms. The zero-order valence-corrected chi connectivity index (χ0v) is 20.6. The summed E-state index contributed by atoms with van der Waals surface area (Å²) in [6, 6.07) is 8.27. The van der Waals surface area contributed by atoms with Crippen LogP contribution in [0.4, 0.5) is 5.69 Å². The molecule has 1 aromatic heterocycles. The smallest absolute Gasteiger partial charge is 0.287 e. The van der Waals surface area contributed by atoms with Gasteiger partial charge in [-0.15, -0.1) is 5.11 Å². The Kier molecular flexibility index (Phi) is 15.9. The maximum absolute atomic E-state index is 12.0. The number of aldehydes is 1. The van der Waals surface area contributed by atoms with E-state index < -0.39 is 17.2 Å². The Balaban J connectivity index is 0.00000124. The number of nitrogens with two attached hydrogens (primary N) is 1. The number of aliphatic hydroxyl groups is 1. The summed E-state index contributed by atoms with van der Waals surface area (Å²) in [5.41, 5.74) is 1.44. The average molecular weight is 511 g/mol. The number of hydrogen-bond acceptors (Lipinski definition) is 8. The van der Waals surface area contributed by atoms with Gasteiger partial charge in [0.05, 0.1) is 0 Å². The van der Waals surface area contributed by atoms with Crippen LogP contribution >= 0.6 is 0 Å². The molecule has 196 valence electrons. The van der Waals surface area contributed by atoms with Crippen LogP contribution in [0.3, 0.4) is 0 Å². The van der Waals surface area contributed by atoms with Crippen LogP contribution in [-0.4, -0.2) is 42.7 Å². The zero-order chi connectivity index (χ0) is 28.2. The van der Waals surface area contributed by atoms with Crippen LogP contribution in [0.5, 0.6) is 0 Å². The molecule has 0 radical (unpaired) electrons. The highest BCUT2D eigenvalue weighted by Gasteiger charge is 2.12. The summed E-state index contributed by atoms with van der Waals surface area (Å²) >= 11 is 0. The fourth-order valence-electron chi connectivity index (χ4n) is 2.38. The molecule has 2 rings (SSSR count). The summed E-state index contributed by atoms with van der Waals surface area (Å²) in [6.45, 7) is 9.04. The average Bonchev–Trinajstić information content (AvgIpc) is 2.90. The molecule has 0 aliphatic heterocycles. The summed E-state index contributed by atoms with van der Waals surface area (Å²) in [5.74, 6) is 3.03. The number of benzene rings is 1. The number of amidine groups is 1. The molecule has 0 aliphatic carbocycles. The van der Waals surface area contributed by atoms with Crippen LogP contribution in [0.25, 0.3) is 0 Å². The SMILES string of the molecule is C=C/C=C(/C)C=C.CO.N=C(N=NN)c1cccc(NC(=O)CCNC(=O)c2cc(=O)cc(C=O)o2)c1. The second kappa shape index (κ2) is 18.4. The first-order chi connectivity index (χ1) is 17.7. The van der Waals surface area contributed by atoms with Crippen LogP contribution in [0, 0.1) is 5.41 Å². The molecule has 2 amide bonds. The molecule has 0 bridgehead atoms. The molecule has 1 heterocycles. The molecule has 0 aliphatic rings. The Morgan fingerprint density at radius 3 is 2.49 bits per heavy atom. The van der Waals surface area contributed by atoms with Crippen molar-refractivity contribution in [3.8, 4) is 0 Å². The highest BCUT2D eigenvalue weighted by atomic mass is 16.4. The molecule has 2 aromatic rings. The van der Waals surface area contributed by atoms with Crippen LogP contribution < -0.4 is 21.9 Å². The molecule has 12 nitrogen and oxygen atoms in total. The van der Waals surface area contributed by atoms with E-state index in [4.69, 9.17) is 20.8 Å². The number of carbonyl (C=O) groups is 3. The van der Waals surface area contributed by atoms with Gasteiger partial charge in [0.1, 0.15) is 0 Å². The number of rotatable bonds is 9. The molecule has 1 aromatic carbocycles. The van der Waals surface area contributed by atoms with Crippen molar-refractivity contribution in [1.29, 1.82) is 5.41 Å². The molecule has 0 spiro atoms. The van der Waals surface area contributed by atoms with E-state index in [9.17, 15) is 19.2 Å². The number of aliphatic hydroxyl groups excluding tert-OH is 1. The van der Waals surface area contributed by atoms with Crippen molar-refractivity contribution < 1.29 is 23.9 Å². The minimum Gasteiger partial charge on any atom is -0.448 e. The topological polar surface area (TPSA) is 200 Å². The van der Waals surface area contributed by atoms with Crippen molar-refractivity contribution in [2.24, 2.45) is 16.2 Å². The van der Waals surface area contributed by atoms with Gasteiger partial charge in [-0.25, -0.2) is 0 Å². The highest BCUT2D eigenvalue weighted by Crippen LogP contribution is 2.12. The molecule has 0 saturated carbocycles. The number of allylic oxidation sites excluding steroid dienone is 4. The van der Waals surface area contributed by atoms with Gasteiger partial charge in [-0.05, 0) is 19.1 Å². The summed E-state index contributed by atoms with van der Waals surface area (Å²) in [5, 5.41) is 26.1. The Hall–Kier alpha value is -4.97. The van der Waals surface area contributed by atoms with Crippen LogP contribution in [-0.2, 0) is 4.79 Å². The van der Waals surface area contributed by atoms with Crippen molar-refractivity contribution in [3.05, 3.63) is 101 Å². The Morgan fingerprint density at radius 1 is 1.22 bits per heavy atom. The Labute approximate surface area is 213 Å². The summed E-state index contributed by atoms with van der Waals surface area (Å²) < 4.78 is 4.95. The molecule has 0 atom stereocenters. The first-order valence-corrected chi connectivity index (χ1v) is 10.6. The lowest BCUT2D eigenvalue weighted by molar-refractivity contribution is -0.116. The van der Waals surface area contributed by atoms with Gasteiger partial charge in [-0.3, -0.25) is 24.6 Å². The van der Waals surface area contributed by atoms with Crippen LogP contribution in [0.1, 0.15) is 40.0 Å². The maximum atomic E-state index is 12.0. The zero-order valence-electron chi connectivity index (χ0n) is 20.6. The largest absolute Gasteiger partial charge is 0.448 e. The third-order valence-corrected chi connectivity index (χ3v) is 4.04. The second-order valence-corrected chi connectivity index (χ2v) is 6.73. The number of amides is 2. The highest BCUT2D eigenvalue weighted by molar-refractivity contribution is 5.99. The lowest BCUT2D eigenvalue weighted by Gasteiger charge is -2.07. The molecular formula is C25H30N6O6. The Morgan fingerprint density at radius 2 is 1.92 bits per heavy atom. The molecule has 0 fully saturated rings. The predicted molar refractivity (Wildman–Crippen MR) is 141 cm³/mol. The van der Waals surface area contributed by atoms with Crippen molar-refractivity contribution in [2.75, 3.05) is 19.0 Å². The number of nitrogens with one attached hydrogen (secondary N) is 3. The van der Waals surface area contributed by atoms with Gasteiger partial charge in [-0.2, -0.15) is 0 Å². The van der Waals surface area contributed by atoms with E-state index in [0.717, 1.165) is 24.8 Å². The van der Waals surface area contributed by atoms with E-state index in [1.807, 2.05) is 13.0 Å². The molecule has 0 unspecified atom stereocenters. The molecule has 0 saturated heterocycles. The summed E-state index contributed by atoms with van der Waals surface area (Å²) in [7, 11) is 1.00. The van der Waals surface area contributed by atoms with E-state index in [1.54, 1.807) is 30.4 Å². The quantitative estimate of drug-likeness (QED) is 0.0649. The Bertz CT molecular complexity index is 1220. The van der Waals surface area contributed by atoms with E-state index in [1.165, 1.54) is 6.07 Å². The molecule has 37 heavy (non-hydrogen) atoms. The van der Waals surface area contributed by atoms with Gasteiger partial charge in [0, 0.05) is 43.5 Å². The normalized spacial score (nSPS) is 10.1. The first-order valence-electron chi connectivity index (χ1n) is 10.6. The minimum absolute atomic E-state index is 0.0312. The summed E-state index contributed by atoms with van der Waals surface area (Å²) in [4.78, 5) is 46.0. The first kappa shape index (κ1) is 32.0. The molecule has 6 N–H and O–H groups in total. The van der Waals surface area contributed by atoms with Crippen molar-refractivity contribution in [3.63, 3.8) is 0 Å². The number of nitrogens with zero attached hydrogens (tertiary/aromatic N) is 2. The fraction of sp³-hybridized carbons (Fsp3) is 0.160.